The number of nitrogens with zero attached hydrogens (tertiary/aromatic N) is 3. The first-order chi connectivity index (χ1) is 11.3. The first kappa shape index (κ1) is 16.6. The molecule has 0 bridgehead atoms. The number of likely N-dealkylation sites (tertiary alicyclic amines) is 1. The highest BCUT2D eigenvalue weighted by Crippen LogP contribution is 2.32. The van der Waals surface area contributed by atoms with Gasteiger partial charge in [0.05, 0.1) is 10.9 Å². The van der Waals surface area contributed by atoms with Crippen LogP contribution in [0.2, 0.25) is 0 Å². The van der Waals surface area contributed by atoms with Crippen molar-refractivity contribution in [1.82, 2.24) is 15.0 Å². The van der Waals surface area contributed by atoms with Gasteiger partial charge in [0, 0.05) is 25.3 Å². The summed E-state index contributed by atoms with van der Waals surface area (Å²) in [6.07, 6.45) is 2.73. The van der Waals surface area contributed by atoms with Crippen molar-refractivity contribution in [2.24, 2.45) is 0 Å². The summed E-state index contributed by atoms with van der Waals surface area (Å²) in [5.41, 5.74) is 1.13. The molecule has 2 aromatic rings. The molecule has 3 rings (SSSR count). The van der Waals surface area contributed by atoms with E-state index in [-0.39, 0.29) is 16.8 Å². The standard InChI is InChI=1S/C16H19N3O4S/c1-10-6-7-12(24(3,21)22)9-13(10)16(20)19-8-4-5-14(19)15-17-11(2)23-18-15/h6-7,9,14H,4-5,8H2,1-3H3/t14-/m1/s1. The second-order valence-corrected chi connectivity index (χ2v) is 8.09. The SMILES string of the molecule is Cc1nc([C@H]2CCCN2C(=O)c2cc(S(C)(=O)=O)ccc2C)no1. The van der Waals surface area contributed by atoms with Gasteiger partial charge in [-0.15, -0.1) is 0 Å². The van der Waals surface area contributed by atoms with Crippen LogP contribution >= 0.6 is 0 Å². The molecule has 1 amide bonds. The van der Waals surface area contributed by atoms with Crippen LogP contribution in [0.25, 0.3) is 0 Å². The van der Waals surface area contributed by atoms with Gasteiger partial charge in [-0.2, -0.15) is 4.98 Å². The van der Waals surface area contributed by atoms with Crippen LogP contribution in [0.4, 0.5) is 0 Å². The van der Waals surface area contributed by atoms with Gasteiger partial charge >= 0.3 is 0 Å². The van der Waals surface area contributed by atoms with Crippen molar-refractivity contribution in [3.63, 3.8) is 0 Å². The zero-order valence-corrected chi connectivity index (χ0v) is 14.6. The fourth-order valence-corrected chi connectivity index (χ4v) is 3.59. The van der Waals surface area contributed by atoms with Crippen molar-refractivity contribution in [3.05, 3.63) is 41.0 Å². The minimum atomic E-state index is -3.37. The van der Waals surface area contributed by atoms with Gasteiger partial charge in [0.1, 0.15) is 0 Å². The van der Waals surface area contributed by atoms with Crippen LogP contribution in [0.15, 0.2) is 27.6 Å². The molecule has 128 valence electrons. The predicted octanol–water partition coefficient (Wildman–Crippen LogP) is 2.07. The minimum absolute atomic E-state index is 0.141. The maximum atomic E-state index is 13.0. The van der Waals surface area contributed by atoms with Crippen LogP contribution in [0.3, 0.4) is 0 Å². The van der Waals surface area contributed by atoms with E-state index >= 15 is 0 Å². The third-order valence-corrected chi connectivity index (χ3v) is 5.33. The number of amides is 1. The number of sulfone groups is 1. The molecular weight excluding hydrogens is 330 g/mol. The number of carbonyl (C=O) groups is 1. The molecule has 1 aromatic heterocycles. The van der Waals surface area contributed by atoms with Crippen LogP contribution in [0.1, 0.15) is 46.5 Å². The van der Waals surface area contributed by atoms with Crippen molar-refractivity contribution in [2.75, 3.05) is 12.8 Å². The van der Waals surface area contributed by atoms with Gasteiger partial charge in [0.2, 0.25) is 5.89 Å². The van der Waals surface area contributed by atoms with Crippen molar-refractivity contribution >= 4 is 15.7 Å². The Labute approximate surface area is 140 Å². The van der Waals surface area contributed by atoms with Crippen LogP contribution < -0.4 is 0 Å². The highest BCUT2D eigenvalue weighted by Gasteiger charge is 2.34. The molecule has 0 saturated carbocycles. The third kappa shape index (κ3) is 3.06. The molecule has 7 nitrogen and oxygen atoms in total. The van der Waals surface area contributed by atoms with Gasteiger partial charge in [-0.05, 0) is 37.5 Å². The monoisotopic (exact) mass is 349 g/mol. The molecule has 1 aliphatic heterocycles. The van der Waals surface area contributed by atoms with Gasteiger partial charge in [0.15, 0.2) is 15.7 Å². The van der Waals surface area contributed by atoms with E-state index in [1.807, 2.05) is 0 Å². The van der Waals surface area contributed by atoms with Gasteiger partial charge in [-0.3, -0.25) is 4.79 Å². The van der Waals surface area contributed by atoms with Crippen molar-refractivity contribution in [2.45, 2.75) is 37.6 Å². The van der Waals surface area contributed by atoms with Crippen LogP contribution in [0, 0.1) is 13.8 Å². The number of hydrogen-bond acceptors (Lipinski definition) is 6. The second kappa shape index (κ2) is 6.01. The summed E-state index contributed by atoms with van der Waals surface area (Å²) >= 11 is 0. The molecule has 2 heterocycles. The highest BCUT2D eigenvalue weighted by molar-refractivity contribution is 7.90. The van der Waals surface area contributed by atoms with E-state index in [1.165, 1.54) is 12.1 Å². The molecule has 0 N–H and O–H groups in total. The average Bonchev–Trinajstić information content (AvgIpc) is 3.14. The van der Waals surface area contributed by atoms with E-state index in [0.29, 0.717) is 23.8 Å². The summed E-state index contributed by atoms with van der Waals surface area (Å²) in [6, 6.07) is 4.39. The Morgan fingerprint density at radius 2 is 2.08 bits per heavy atom. The van der Waals surface area contributed by atoms with E-state index < -0.39 is 9.84 Å². The van der Waals surface area contributed by atoms with E-state index in [9.17, 15) is 13.2 Å². The number of aromatic nitrogens is 2. The highest BCUT2D eigenvalue weighted by atomic mass is 32.2. The molecule has 8 heteroatoms. The van der Waals surface area contributed by atoms with E-state index in [0.717, 1.165) is 24.7 Å². The normalized spacial score (nSPS) is 18.1. The number of carbonyl (C=O) groups excluding carboxylic acids is 1. The van der Waals surface area contributed by atoms with E-state index in [1.54, 1.807) is 24.8 Å². The number of hydrogen-bond donors (Lipinski definition) is 0. The van der Waals surface area contributed by atoms with Crippen LogP contribution in [0.5, 0.6) is 0 Å². The minimum Gasteiger partial charge on any atom is -0.340 e. The Morgan fingerprint density at radius 1 is 1.33 bits per heavy atom. The predicted molar refractivity (Wildman–Crippen MR) is 86.3 cm³/mol. The molecule has 0 spiro atoms. The number of benzene rings is 1. The number of rotatable bonds is 3. The first-order valence-corrected chi connectivity index (χ1v) is 9.58. The molecule has 1 atom stereocenters. The lowest BCUT2D eigenvalue weighted by Crippen LogP contribution is -2.31. The molecule has 24 heavy (non-hydrogen) atoms. The lowest BCUT2D eigenvalue weighted by atomic mass is 10.1. The fourth-order valence-electron chi connectivity index (χ4n) is 2.95. The smallest absolute Gasteiger partial charge is 0.254 e. The second-order valence-electron chi connectivity index (χ2n) is 6.08. The summed E-state index contributed by atoms with van der Waals surface area (Å²) in [4.78, 5) is 19.0. The third-order valence-electron chi connectivity index (χ3n) is 4.22. The summed E-state index contributed by atoms with van der Waals surface area (Å²) in [5, 5.41) is 3.93. The fraction of sp³-hybridized carbons (Fsp3) is 0.438. The maximum absolute atomic E-state index is 13.0. The maximum Gasteiger partial charge on any atom is 0.254 e. The average molecular weight is 349 g/mol. The Balaban J connectivity index is 1.96. The summed E-state index contributed by atoms with van der Waals surface area (Å²) in [5.74, 6) is 0.748. The lowest BCUT2D eigenvalue weighted by Gasteiger charge is -2.23. The summed E-state index contributed by atoms with van der Waals surface area (Å²) in [7, 11) is -3.37. The first-order valence-electron chi connectivity index (χ1n) is 7.69. The van der Waals surface area contributed by atoms with Crippen LogP contribution in [-0.2, 0) is 9.84 Å². The van der Waals surface area contributed by atoms with E-state index in [4.69, 9.17) is 4.52 Å². The lowest BCUT2D eigenvalue weighted by molar-refractivity contribution is 0.0727. The van der Waals surface area contributed by atoms with E-state index in [2.05, 4.69) is 10.1 Å². The van der Waals surface area contributed by atoms with Crippen molar-refractivity contribution in [1.29, 1.82) is 0 Å². The summed E-state index contributed by atoms with van der Waals surface area (Å²) < 4.78 is 28.6. The van der Waals surface area contributed by atoms with Gasteiger partial charge in [-0.25, -0.2) is 8.42 Å². The van der Waals surface area contributed by atoms with Crippen molar-refractivity contribution < 1.29 is 17.7 Å². The van der Waals surface area contributed by atoms with Crippen molar-refractivity contribution in [3.8, 4) is 0 Å². The zero-order chi connectivity index (χ0) is 17.5. The van der Waals surface area contributed by atoms with Gasteiger partial charge < -0.3 is 9.42 Å². The quantitative estimate of drug-likeness (QED) is 0.842. The molecule has 1 saturated heterocycles. The molecule has 1 fully saturated rings. The summed E-state index contributed by atoms with van der Waals surface area (Å²) in [6.45, 7) is 4.08. The Morgan fingerprint density at radius 3 is 2.71 bits per heavy atom. The Kier molecular flexibility index (Phi) is 4.16. The molecular formula is C16H19N3O4S. The van der Waals surface area contributed by atoms with Crippen LogP contribution in [-0.4, -0.2) is 42.2 Å². The molecule has 0 unspecified atom stereocenters. The molecule has 0 aliphatic carbocycles. The molecule has 1 aliphatic rings. The van der Waals surface area contributed by atoms with Gasteiger partial charge in [-0.1, -0.05) is 11.2 Å². The topological polar surface area (TPSA) is 93.4 Å². The Hall–Kier alpha value is -2.22. The number of aryl methyl sites for hydroxylation is 2. The Bertz CT molecular complexity index is 888. The zero-order valence-electron chi connectivity index (χ0n) is 13.8. The largest absolute Gasteiger partial charge is 0.340 e. The van der Waals surface area contributed by atoms with Gasteiger partial charge in [0.25, 0.3) is 5.91 Å². The molecule has 0 radical (unpaired) electrons. The molecule has 1 aromatic carbocycles.